The molecule has 1 atom stereocenters. The van der Waals surface area contributed by atoms with Crippen molar-refractivity contribution < 1.29 is 19.0 Å². The van der Waals surface area contributed by atoms with Crippen LogP contribution in [0.4, 0.5) is 9.18 Å². The number of aliphatic hydroxyl groups is 1. The first-order valence-corrected chi connectivity index (χ1v) is 7.97. The molecular formula is C19H20FNO3. The van der Waals surface area contributed by atoms with Crippen molar-refractivity contribution in [2.24, 2.45) is 0 Å². The summed E-state index contributed by atoms with van der Waals surface area (Å²) in [6, 6.07) is 15.6. The Kier molecular flexibility index (Phi) is 4.81. The molecule has 1 heterocycles. The second-order valence-corrected chi connectivity index (χ2v) is 6.24. The predicted molar refractivity (Wildman–Crippen MR) is 87.9 cm³/mol. The van der Waals surface area contributed by atoms with Crippen LogP contribution >= 0.6 is 0 Å². The van der Waals surface area contributed by atoms with E-state index in [0.29, 0.717) is 19.4 Å². The monoisotopic (exact) mass is 329 g/mol. The van der Waals surface area contributed by atoms with E-state index in [1.54, 1.807) is 12.1 Å². The number of β-amino-alcohol motifs (C(OH)–C–C–N with tert-alkyl or cyclic N) is 1. The number of carbonyl (C=O) groups excluding carboxylic acids is 1. The fourth-order valence-electron chi connectivity index (χ4n) is 2.99. The topological polar surface area (TPSA) is 49.8 Å². The van der Waals surface area contributed by atoms with Gasteiger partial charge in [0.1, 0.15) is 12.4 Å². The van der Waals surface area contributed by atoms with Crippen LogP contribution in [0, 0.1) is 5.82 Å². The summed E-state index contributed by atoms with van der Waals surface area (Å²) in [4.78, 5) is 13.6. The molecule has 3 rings (SSSR count). The van der Waals surface area contributed by atoms with Crippen LogP contribution in [0.2, 0.25) is 0 Å². The zero-order valence-electron chi connectivity index (χ0n) is 13.3. The smallest absolute Gasteiger partial charge is 0.410 e. The second kappa shape index (κ2) is 7.01. The molecule has 1 aliphatic heterocycles. The van der Waals surface area contributed by atoms with Gasteiger partial charge in [0.2, 0.25) is 0 Å². The molecule has 1 aliphatic rings. The largest absolute Gasteiger partial charge is 0.445 e. The van der Waals surface area contributed by atoms with Crippen LogP contribution in [0.15, 0.2) is 54.6 Å². The highest BCUT2D eigenvalue weighted by atomic mass is 19.1. The highest BCUT2D eigenvalue weighted by Crippen LogP contribution is 2.26. The normalized spacial score (nSPS) is 20.2. The third kappa shape index (κ3) is 4.11. The number of amides is 1. The molecule has 0 saturated carbocycles. The SMILES string of the molecule is O=C(OCc1ccccc1)N1CCC(O)(Cc2cccc(F)c2)C1. The van der Waals surface area contributed by atoms with E-state index in [4.69, 9.17) is 4.74 Å². The molecule has 0 radical (unpaired) electrons. The van der Waals surface area contributed by atoms with Crippen molar-refractivity contribution in [1.29, 1.82) is 0 Å². The molecule has 2 aromatic carbocycles. The van der Waals surface area contributed by atoms with E-state index in [9.17, 15) is 14.3 Å². The molecule has 1 amide bonds. The summed E-state index contributed by atoms with van der Waals surface area (Å²) in [5.41, 5.74) is 0.594. The molecule has 2 aromatic rings. The van der Waals surface area contributed by atoms with E-state index in [2.05, 4.69) is 0 Å². The van der Waals surface area contributed by atoms with Gasteiger partial charge in [-0.15, -0.1) is 0 Å². The molecule has 1 unspecified atom stereocenters. The maximum Gasteiger partial charge on any atom is 0.410 e. The van der Waals surface area contributed by atoms with Gasteiger partial charge in [0.05, 0.1) is 12.1 Å². The van der Waals surface area contributed by atoms with Gasteiger partial charge in [0, 0.05) is 13.0 Å². The Balaban J connectivity index is 1.55. The van der Waals surface area contributed by atoms with Crippen LogP contribution < -0.4 is 0 Å². The van der Waals surface area contributed by atoms with Gasteiger partial charge < -0.3 is 14.7 Å². The van der Waals surface area contributed by atoms with Crippen LogP contribution in [-0.2, 0) is 17.8 Å². The highest BCUT2D eigenvalue weighted by Gasteiger charge is 2.38. The van der Waals surface area contributed by atoms with Crippen molar-refractivity contribution >= 4 is 6.09 Å². The van der Waals surface area contributed by atoms with Gasteiger partial charge >= 0.3 is 6.09 Å². The summed E-state index contributed by atoms with van der Waals surface area (Å²) in [5, 5.41) is 10.7. The Morgan fingerprint density at radius 3 is 2.67 bits per heavy atom. The third-order valence-corrected chi connectivity index (χ3v) is 4.22. The van der Waals surface area contributed by atoms with E-state index in [1.807, 2.05) is 30.3 Å². The van der Waals surface area contributed by atoms with E-state index >= 15 is 0 Å². The Labute approximate surface area is 140 Å². The summed E-state index contributed by atoms with van der Waals surface area (Å²) in [6.45, 7) is 0.828. The quantitative estimate of drug-likeness (QED) is 0.937. The van der Waals surface area contributed by atoms with Gasteiger partial charge in [0.25, 0.3) is 0 Å². The number of likely N-dealkylation sites (tertiary alicyclic amines) is 1. The molecule has 24 heavy (non-hydrogen) atoms. The number of carbonyl (C=O) groups is 1. The minimum atomic E-state index is -1.04. The van der Waals surface area contributed by atoms with E-state index < -0.39 is 11.7 Å². The first-order chi connectivity index (χ1) is 11.5. The lowest BCUT2D eigenvalue weighted by molar-refractivity contribution is 0.0438. The zero-order chi connectivity index (χ0) is 17.0. The summed E-state index contributed by atoms with van der Waals surface area (Å²) in [7, 11) is 0. The Hall–Kier alpha value is -2.40. The summed E-state index contributed by atoms with van der Waals surface area (Å²) in [5.74, 6) is -0.326. The van der Waals surface area contributed by atoms with Crippen molar-refractivity contribution in [1.82, 2.24) is 4.90 Å². The molecule has 126 valence electrons. The first-order valence-electron chi connectivity index (χ1n) is 7.97. The predicted octanol–water partition coefficient (Wildman–Crippen LogP) is 3.14. The molecule has 0 aliphatic carbocycles. The number of nitrogens with zero attached hydrogens (tertiary/aromatic N) is 1. The van der Waals surface area contributed by atoms with E-state index in [0.717, 1.165) is 11.1 Å². The number of ether oxygens (including phenoxy) is 1. The van der Waals surface area contributed by atoms with Gasteiger partial charge in [-0.05, 0) is 29.7 Å². The molecular weight excluding hydrogens is 309 g/mol. The molecule has 1 N–H and O–H groups in total. The Morgan fingerprint density at radius 2 is 1.92 bits per heavy atom. The second-order valence-electron chi connectivity index (χ2n) is 6.24. The molecule has 4 nitrogen and oxygen atoms in total. The average Bonchev–Trinajstić information content (AvgIpc) is 2.95. The number of halogens is 1. The maximum atomic E-state index is 13.3. The van der Waals surface area contributed by atoms with E-state index in [-0.39, 0.29) is 19.0 Å². The maximum absolute atomic E-state index is 13.3. The molecule has 1 saturated heterocycles. The Morgan fingerprint density at radius 1 is 1.17 bits per heavy atom. The average molecular weight is 329 g/mol. The lowest BCUT2D eigenvalue weighted by Gasteiger charge is -2.23. The third-order valence-electron chi connectivity index (χ3n) is 4.22. The minimum Gasteiger partial charge on any atom is -0.445 e. The number of hydrogen-bond donors (Lipinski definition) is 1. The molecule has 0 bridgehead atoms. The van der Waals surface area contributed by atoms with Crippen molar-refractivity contribution in [3.8, 4) is 0 Å². The first kappa shape index (κ1) is 16.5. The van der Waals surface area contributed by atoms with Gasteiger partial charge in [-0.3, -0.25) is 0 Å². The fourth-order valence-corrected chi connectivity index (χ4v) is 2.99. The fraction of sp³-hybridized carbons (Fsp3) is 0.316. The number of rotatable bonds is 4. The number of hydrogen-bond acceptors (Lipinski definition) is 3. The molecule has 0 aromatic heterocycles. The Bertz CT molecular complexity index is 707. The summed E-state index contributed by atoms with van der Waals surface area (Å²) >= 11 is 0. The van der Waals surface area contributed by atoms with E-state index in [1.165, 1.54) is 17.0 Å². The van der Waals surface area contributed by atoms with Crippen molar-refractivity contribution in [2.45, 2.75) is 25.0 Å². The minimum absolute atomic E-state index is 0.192. The standard InChI is InChI=1S/C19H20FNO3/c20-17-8-4-7-16(11-17)12-19(23)9-10-21(14-19)18(22)24-13-15-5-2-1-3-6-15/h1-8,11,23H,9-10,12-14H2. The summed E-state index contributed by atoms with van der Waals surface area (Å²) < 4.78 is 18.6. The van der Waals surface area contributed by atoms with Gasteiger partial charge in [-0.1, -0.05) is 42.5 Å². The number of benzene rings is 2. The lowest BCUT2D eigenvalue weighted by Crippen LogP contribution is -2.38. The van der Waals surface area contributed by atoms with Crippen LogP contribution in [0.25, 0.3) is 0 Å². The molecule has 1 fully saturated rings. The van der Waals surface area contributed by atoms with Gasteiger partial charge in [-0.2, -0.15) is 0 Å². The summed E-state index contributed by atoms with van der Waals surface area (Å²) in [6.07, 6.45) is 0.325. The lowest BCUT2D eigenvalue weighted by atomic mass is 9.94. The van der Waals surface area contributed by atoms with Crippen molar-refractivity contribution in [3.63, 3.8) is 0 Å². The van der Waals surface area contributed by atoms with Gasteiger partial charge in [-0.25, -0.2) is 9.18 Å². The van der Waals surface area contributed by atoms with Crippen LogP contribution in [0.1, 0.15) is 17.5 Å². The van der Waals surface area contributed by atoms with Crippen LogP contribution in [0.3, 0.4) is 0 Å². The van der Waals surface area contributed by atoms with Crippen LogP contribution in [0.5, 0.6) is 0 Å². The van der Waals surface area contributed by atoms with Crippen molar-refractivity contribution in [2.75, 3.05) is 13.1 Å². The highest BCUT2D eigenvalue weighted by molar-refractivity contribution is 5.68. The van der Waals surface area contributed by atoms with Crippen LogP contribution in [-0.4, -0.2) is 34.8 Å². The van der Waals surface area contributed by atoms with Crippen molar-refractivity contribution in [3.05, 3.63) is 71.5 Å². The zero-order valence-corrected chi connectivity index (χ0v) is 13.3. The van der Waals surface area contributed by atoms with Gasteiger partial charge in [0.15, 0.2) is 0 Å². The molecule has 0 spiro atoms. The molecule has 5 heteroatoms.